The van der Waals surface area contributed by atoms with E-state index in [-0.39, 0.29) is 30.2 Å². The molecule has 1 aliphatic rings. The highest BCUT2D eigenvalue weighted by Gasteiger charge is 2.29. The molecule has 1 aliphatic heterocycles. The van der Waals surface area contributed by atoms with Crippen LogP contribution in [0.2, 0.25) is 0 Å². The maximum absolute atomic E-state index is 12.5. The highest BCUT2D eigenvalue weighted by Crippen LogP contribution is 2.12. The molecule has 1 aromatic rings. The molecular formula is C15H26N4O2. The Labute approximate surface area is 126 Å². The summed E-state index contributed by atoms with van der Waals surface area (Å²) < 4.78 is 7.54. The van der Waals surface area contributed by atoms with Crippen molar-refractivity contribution in [2.24, 2.45) is 0 Å². The smallest absolute Gasteiger partial charge is 0.239 e. The quantitative estimate of drug-likeness (QED) is 0.876. The molecule has 1 amide bonds. The van der Waals surface area contributed by atoms with Gasteiger partial charge in [0.25, 0.3) is 0 Å². The fraction of sp³-hybridized carbons (Fsp3) is 0.733. The molecule has 1 saturated heterocycles. The number of aromatic nitrogens is 2. The molecule has 6 heteroatoms. The van der Waals surface area contributed by atoms with Crippen LogP contribution >= 0.6 is 0 Å². The molecular weight excluding hydrogens is 268 g/mol. The van der Waals surface area contributed by atoms with Gasteiger partial charge in [0.1, 0.15) is 0 Å². The largest absolute Gasteiger partial charge is 0.372 e. The zero-order valence-electron chi connectivity index (χ0n) is 13.3. The van der Waals surface area contributed by atoms with Gasteiger partial charge in [0.15, 0.2) is 0 Å². The lowest BCUT2D eigenvalue weighted by atomic mass is 10.2. The number of nitrogens with one attached hydrogen (secondary N) is 1. The lowest BCUT2D eigenvalue weighted by Gasteiger charge is -2.37. The Morgan fingerprint density at radius 3 is 2.62 bits per heavy atom. The highest BCUT2D eigenvalue weighted by atomic mass is 16.5. The normalized spacial score (nSPS) is 25.6. The lowest BCUT2D eigenvalue weighted by Crippen LogP contribution is -2.54. The van der Waals surface area contributed by atoms with Gasteiger partial charge in [-0.3, -0.25) is 9.48 Å². The third-order valence-electron chi connectivity index (χ3n) is 3.66. The molecule has 1 fully saturated rings. The zero-order valence-corrected chi connectivity index (χ0v) is 13.3. The van der Waals surface area contributed by atoms with E-state index >= 15 is 0 Å². The Bertz CT molecular complexity index is 439. The fourth-order valence-electron chi connectivity index (χ4n) is 2.87. The molecule has 6 nitrogen and oxygen atoms in total. The summed E-state index contributed by atoms with van der Waals surface area (Å²) in [7, 11) is 0. The molecule has 2 heterocycles. The zero-order chi connectivity index (χ0) is 15.4. The summed E-state index contributed by atoms with van der Waals surface area (Å²) >= 11 is 0. The summed E-state index contributed by atoms with van der Waals surface area (Å²) in [4.78, 5) is 14.4. The molecule has 0 aliphatic carbocycles. The number of hydrogen-bond acceptors (Lipinski definition) is 4. The van der Waals surface area contributed by atoms with Gasteiger partial charge in [-0.2, -0.15) is 5.10 Å². The van der Waals surface area contributed by atoms with Crippen LogP contribution in [0.5, 0.6) is 0 Å². The van der Waals surface area contributed by atoms with E-state index in [1.807, 2.05) is 42.6 Å². The number of carbonyl (C=O) groups is 1. The summed E-state index contributed by atoms with van der Waals surface area (Å²) in [5.74, 6) is 0.143. The number of morpholine rings is 1. The Hall–Kier alpha value is -1.40. The van der Waals surface area contributed by atoms with Crippen LogP contribution in [0.1, 0.15) is 27.7 Å². The van der Waals surface area contributed by atoms with E-state index in [0.29, 0.717) is 13.1 Å². The molecule has 2 rings (SSSR count). The predicted octanol–water partition coefficient (Wildman–Crippen LogP) is 0.885. The first-order valence-corrected chi connectivity index (χ1v) is 7.63. The Morgan fingerprint density at radius 1 is 1.38 bits per heavy atom. The van der Waals surface area contributed by atoms with Crippen LogP contribution in [-0.4, -0.2) is 58.0 Å². The van der Waals surface area contributed by atoms with Gasteiger partial charge < -0.3 is 15.0 Å². The van der Waals surface area contributed by atoms with E-state index in [2.05, 4.69) is 17.3 Å². The summed E-state index contributed by atoms with van der Waals surface area (Å²) in [6.07, 6.45) is 3.89. The van der Waals surface area contributed by atoms with E-state index in [4.69, 9.17) is 4.74 Å². The van der Waals surface area contributed by atoms with Gasteiger partial charge in [-0.1, -0.05) is 0 Å². The van der Waals surface area contributed by atoms with Crippen LogP contribution in [0.25, 0.3) is 0 Å². The average Bonchev–Trinajstić information content (AvgIpc) is 2.89. The molecule has 0 unspecified atom stereocenters. The maximum atomic E-state index is 12.5. The molecule has 0 saturated carbocycles. The number of amides is 1. The predicted molar refractivity (Wildman–Crippen MR) is 80.9 cm³/mol. The van der Waals surface area contributed by atoms with Gasteiger partial charge in [0.2, 0.25) is 5.91 Å². The second kappa shape index (κ2) is 7.04. The fourth-order valence-corrected chi connectivity index (χ4v) is 2.87. The van der Waals surface area contributed by atoms with Gasteiger partial charge in [-0.05, 0) is 33.8 Å². The molecule has 0 aromatic carbocycles. The third-order valence-corrected chi connectivity index (χ3v) is 3.66. The van der Waals surface area contributed by atoms with Crippen molar-refractivity contribution in [1.29, 1.82) is 0 Å². The minimum absolute atomic E-state index is 0.103. The topological polar surface area (TPSA) is 59.4 Å². The van der Waals surface area contributed by atoms with Crippen LogP contribution < -0.4 is 5.32 Å². The van der Waals surface area contributed by atoms with E-state index in [1.54, 1.807) is 6.20 Å². The molecule has 118 valence electrons. The molecule has 1 aromatic heterocycles. The SMILES string of the molecule is C[C@H](Cn1cccn1)N[C@H](C)C(=O)N1C[C@H](C)O[C@@H](C)C1. The van der Waals surface area contributed by atoms with E-state index in [9.17, 15) is 4.79 Å². The van der Waals surface area contributed by atoms with Crippen LogP contribution in [0, 0.1) is 0 Å². The second-order valence-electron chi connectivity index (χ2n) is 6.02. The van der Waals surface area contributed by atoms with Crippen molar-refractivity contribution in [3.05, 3.63) is 18.5 Å². The second-order valence-corrected chi connectivity index (χ2v) is 6.02. The Morgan fingerprint density at radius 2 is 2.05 bits per heavy atom. The van der Waals surface area contributed by atoms with Gasteiger partial charge in [-0.15, -0.1) is 0 Å². The molecule has 21 heavy (non-hydrogen) atoms. The summed E-state index contributed by atoms with van der Waals surface area (Å²) in [6, 6.07) is 1.88. The Kier molecular flexibility index (Phi) is 5.36. The third kappa shape index (κ3) is 4.54. The molecule has 0 spiro atoms. The van der Waals surface area contributed by atoms with Crippen molar-refractivity contribution in [2.45, 2.75) is 58.5 Å². The Balaban J connectivity index is 1.84. The van der Waals surface area contributed by atoms with Crippen LogP contribution in [0.15, 0.2) is 18.5 Å². The summed E-state index contributed by atoms with van der Waals surface area (Å²) in [6.45, 7) is 10.1. The minimum atomic E-state index is -0.201. The minimum Gasteiger partial charge on any atom is -0.372 e. The first-order valence-electron chi connectivity index (χ1n) is 7.63. The van der Waals surface area contributed by atoms with Crippen molar-refractivity contribution in [3.8, 4) is 0 Å². The van der Waals surface area contributed by atoms with E-state index in [1.165, 1.54) is 0 Å². The van der Waals surface area contributed by atoms with E-state index < -0.39 is 0 Å². The number of ether oxygens (including phenoxy) is 1. The molecule has 1 N–H and O–H groups in total. The van der Waals surface area contributed by atoms with E-state index in [0.717, 1.165) is 6.54 Å². The molecule has 4 atom stereocenters. The average molecular weight is 294 g/mol. The van der Waals surface area contributed by atoms with Crippen molar-refractivity contribution in [2.75, 3.05) is 13.1 Å². The van der Waals surface area contributed by atoms with Crippen LogP contribution in [0.4, 0.5) is 0 Å². The first-order chi connectivity index (χ1) is 9.95. The monoisotopic (exact) mass is 294 g/mol. The maximum Gasteiger partial charge on any atom is 0.239 e. The summed E-state index contributed by atoms with van der Waals surface area (Å²) in [5, 5.41) is 7.53. The lowest BCUT2D eigenvalue weighted by molar-refractivity contribution is -0.145. The highest BCUT2D eigenvalue weighted by molar-refractivity contribution is 5.81. The molecule has 0 bridgehead atoms. The van der Waals surface area contributed by atoms with Crippen molar-refractivity contribution < 1.29 is 9.53 Å². The first kappa shape index (κ1) is 16.0. The number of carbonyl (C=O) groups excluding carboxylic acids is 1. The van der Waals surface area contributed by atoms with Crippen molar-refractivity contribution >= 4 is 5.91 Å². The summed E-state index contributed by atoms with van der Waals surface area (Å²) in [5.41, 5.74) is 0. The van der Waals surface area contributed by atoms with Gasteiger partial charge in [-0.25, -0.2) is 0 Å². The van der Waals surface area contributed by atoms with Crippen molar-refractivity contribution in [3.63, 3.8) is 0 Å². The van der Waals surface area contributed by atoms with Gasteiger partial charge in [0, 0.05) is 31.5 Å². The van der Waals surface area contributed by atoms with Gasteiger partial charge in [0.05, 0.1) is 24.8 Å². The van der Waals surface area contributed by atoms with Crippen LogP contribution in [-0.2, 0) is 16.1 Å². The van der Waals surface area contributed by atoms with Crippen molar-refractivity contribution in [1.82, 2.24) is 20.0 Å². The van der Waals surface area contributed by atoms with Crippen LogP contribution in [0.3, 0.4) is 0 Å². The standard InChI is InChI=1S/C15H26N4O2/c1-11(8-19-7-5-6-16-19)17-14(4)15(20)18-9-12(2)21-13(3)10-18/h5-7,11-14,17H,8-10H2,1-4H3/t11-,12+,13+,14-/m1/s1. The van der Waals surface area contributed by atoms with Gasteiger partial charge >= 0.3 is 0 Å². The number of rotatable bonds is 5. The number of nitrogens with zero attached hydrogens (tertiary/aromatic N) is 3. The number of hydrogen-bond donors (Lipinski definition) is 1. The molecule has 0 radical (unpaired) electrons.